The van der Waals surface area contributed by atoms with Gasteiger partial charge in [-0.25, -0.2) is 0 Å². The van der Waals surface area contributed by atoms with E-state index in [0.717, 1.165) is 18.4 Å². The molecule has 0 aliphatic heterocycles. The van der Waals surface area contributed by atoms with Crippen molar-refractivity contribution in [1.29, 1.82) is 0 Å². The van der Waals surface area contributed by atoms with Crippen LogP contribution >= 0.6 is 0 Å². The summed E-state index contributed by atoms with van der Waals surface area (Å²) in [7, 11) is 0. The van der Waals surface area contributed by atoms with E-state index in [0.29, 0.717) is 11.8 Å². The molecule has 0 radical (unpaired) electrons. The molecule has 0 bridgehead atoms. The van der Waals surface area contributed by atoms with Gasteiger partial charge in [-0.05, 0) is 31.6 Å². The average molecular weight is 242 g/mol. The fourth-order valence-electron chi connectivity index (χ4n) is 4.00. The van der Waals surface area contributed by atoms with Gasteiger partial charge in [-0.1, -0.05) is 36.8 Å². The van der Waals surface area contributed by atoms with Crippen LogP contribution in [0.2, 0.25) is 0 Å². The second kappa shape index (κ2) is 4.34. The molecule has 0 aromatic heterocycles. The Morgan fingerprint density at radius 2 is 1.61 bits per heavy atom. The normalized spacial score (nSPS) is 33.6. The van der Waals surface area contributed by atoms with Crippen LogP contribution < -0.4 is 0 Å². The lowest BCUT2D eigenvalue weighted by Gasteiger charge is -2.46. The summed E-state index contributed by atoms with van der Waals surface area (Å²) in [5, 5.41) is 0. The fraction of sp³-hybridized carbons (Fsp3) is 0.500. The van der Waals surface area contributed by atoms with Gasteiger partial charge >= 0.3 is 0 Å². The van der Waals surface area contributed by atoms with Crippen LogP contribution in [0.25, 0.3) is 0 Å². The van der Waals surface area contributed by atoms with Gasteiger partial charge in [-0.3, -0.25) is 9.59 Å². The second-order valence-electron chi connectivity index (χ2n) is 5.65. The summed E-state index contributed by atoms with van der Waals surface area (Å²) < 4.78 is 0. The Hall–Kier alpha value is -1.44. The maximum atomic E-state index is 12.5. The Morgan fingerprint density at radius 1 is 1.00 bits per heavy atom. The highest BCUT2D eigenvalue weighted by Gasteiger charge is 2.56. The quantitative estimate of drug-likeness (QED) is 0.763. The summed E-state index contributed by atoms with van der Waals surface area (Å²) >= 11 is 0. The molecular weight excluding hydrogens is 224 g/mol. The molecule has 1 aromatic carbocycles. The van der Waals surface area contributed by atoms with E-state index in [9.17, 15) is 9.59 Å². The number of rotatable bonds is 3. The standard InChI is InChI=1S/C16H18O2/c1-10(17)14-12-8-5-9-13(12)15(14)16(18)11-6-3-2-4-7-11/h2-4,6-7,12-15H,5,8-9H2,1H3/t12-,13+,14+,15-/m1/s1. The molecule has 0 saturated heterocycles. The van der Waals surface area contributed by atoms with Gasteiger partial charge in [0.1, 0.15) is 5.78 Å². The third-order valence-electron chi connectivity index (χ3n) is 4.76. The van der Waals surface area contributed by atoms with Gasteiger partial charge in [-0.2, -0.15) is 0 Å². The van der Waals surface area contributed by atoms with E-state index in [4.69, 9.17) is 0 Å². The average Bonchev–Trinajstić information content (AvgIpc) is 2.73. The molecule has 0 heterocycles. The highest BCUT2D eigenvalue weighted by molar-refractivity contribution is 6.02. The summed E-state index contributed by atoms with van der Waals surface area (Å²) in [5.41, 5.74) is 0.763. The highest BCUT2D eigenvalue weighted by atomic mass is 16.1. The van der Waals surface area contributed by atoms with Gasteiger partial charge in [0.2, 0.25) is 0 Å². The van der Waals surface area contributed by atoms with Gasteiger partial charge < -0.3 is 0 Å². The number of fused-ring (bicyclic) bond motifs is 1. The predicted octanol–water partition coefficient (Wildman–Crippen LogP) is 3.12. The van der Waals surface area contributed by atoms with Gasteiger partial charge in [0, 0.05) is 17.4 Å². The number of hydrogen-bond donors (Lipinski definition) is 0. The lowest BCUT2D eigenvalue weighted by atomic mass is 9.55. The van der Waals surface area contributed by atoms with Crippen LogP contribution in [-0.4, -0.2) is 11.6 Å². The molecule has 0 amide bonds. The second-order valence-corrected chi connectivity index (χ2v) is 5.65. The van der Waals surface area contributed by atoms with Crippen molar-refractivity contribution in [2.45, 2.75) is 26.2 Å². The number of carbonyl (C=O) groups is 2. The van der Waals surface area contributed by atoms with Gasteiger partial charge in [-0.15, -0.1) is 0 Å². The molecule has 0 unspecified atom stereocenters. The van der Waals surface area contributed by atoms with E-state index >= 15 is 0 Å². The van der Waals surface area contributed by atoms with Crippen LogP contribution in [0.1, 0.15) is 36.5 Å². The first-order valence-corrected chi connectivity index (χ1v) is 6.80. The van der Waals surface area contributed by atoms with E-state index in [1.54, 1.807) is 6.92 Å². The van der Waals surface area contributed by atoms with Crippen molar-refractivity contribution in [3.8, 4) is 0 Å². The van der Waals surface area contributed by atoms with E-state index in [1.165, 1.54) is 6.42 Å². The Bertz CT molecular complexity index is 477. The molecular formula is C16H18O2. The SMILES string of the molecule is CC(=O)[C@H]1[C@@H]2CCC[C@@H]2[C@H]1C(=O)c1ccccc1. The number of hydrogen-bond acceptors (Lipinski definition) is 2. The third-order valence-corrected chi connectivity index (χ3v) is 4.76. The summed E-state index contributed by atoms with van der Waals surface area (Å²) in [6.07, 6.45) is 3.43. The monoisotopic (exact) mass is 242 g/mol. The molecule has 18 heavy (non-hydrogen) atoms. The van der Waals surface area contributed by atoms with Crippen LogP contribution in [0.3, 0.4) is 0 Å². The van der Waals surface area contributed by atoms with Gasteiger partial charge in [0.25, 0.3) is 0 Å². The first-order chi connectivity index (χ1) is 8.70. The van der Waals surface area contributed by atoms with Crippen LogP contribution in [0.5, 0.6) is 0 Å². The summed E-state index contributed by atoms with van der Waals surface area (Å²) in [5.74, 6) is 1.28. The van der Waals surface area contributed by atoms with Crippen molar-refractivity contribution in [3.63, 3.8) is 0 Å². The molecule has 2 aliphatic rings. The molecule has 1 aromatic rings. The zero-order valence-corrected chi connectivity index (χ0v) is 10.6. The third kappa shape index (κ3) is 1.63. The Morgan fingerprint density at radius 3 is 2.22 bits per heavy atom. The lowest BCUT2D eigenvalue weighted by Crippen LogP contribution is -2.51. The molecule has 2 saturated carbocycles. The van der Waals surface area contributed by atoms with E-state index in [1.807, 2.05) is 30.3 Å². The Kier molecular flexibility index (Phi) is 2.81. The van der Waals surface area contributed by atoms with Crippen LogP contribution in [-0.2, 0) is 4.79 Å². The number of benzene rings is 1. The first-order valence-electron chi connectivity index (χ1n) is 6.80. The summed E-state index contributed by atoms with van der Waals surface area (Å²) in [6, 6.07) is 9.42. The van der Waals surface area contributed by atoms with Crippen molar-refractivity contribution in [2.24, 2.45) is 23.7 Å². The van der Waals surface area contributed by atoms with Crippen molar-refractivity contribution < 1.29 is 9.59 Å². The highest BCUT2D eigenvalue weighted by Crippen LogP contribution is 2.56. The zero-order chi connectivity index (χ0) is 12.7. The van der Waals surface area contributed by atoms with Gasteiger partial charge in [0.15, 0.2) is 5.78 Å². The minimum Gasteiger partial charge on any atom is -0.300 e. The Labute approximate surface area is 107 Å². The molecule has 0 N–H and O–H groups in total. The number of ketones is 2. The lowest BCUT2D eigenvalue weighted by molar-refractivity contribution is -0.131. The molecule has 94 valence electrons. The summed E-state index contributed by atoms with van der Waals surface area (Å²) in [6.45, 7) is 1.64. The van der Waals surface area contributed by atoms with E-state index < -0.39 is 0 Å². The molecule has 4 atom stereocenters. The molecule has 2 aliphatic carbocycles. The predicted molar refractivity (Wildman–Crippen MR) is 69.3 cm³/mol. The smallest absolute Gasteiger partial charge is 0.166 e. The minimum absolute atomic E-state index is 0.00907. The van der Waals surface area contributed by atoms with Crippen molar-refractivity contribution in [2.75, 3.05) is 0 Å². The van der Waals surface area contributed by atoms with E-state index in [2.05, 4.69) is 0 Å². The molecule has 2 fully saturated rings. The minimum atomic E-state index is -0.0441. The zero-order valence-electron chi connectivity index (χ0n) is 10.6. The molecule has 2 nitrogen and oxygen atoms in total. The first kappa shape index (κ1) is 11.6. The number of carbonyl (C=O) groups excluding carboxylic acids is 2. The van der Waals surface area contributed by atoms with Crippen molar-refractivity contribution in [1.82, 2.24) is 0 Å². The van der Waals surface area contributed by atoms with Crippen molar-refractivity contribution >= 4 is 11.6 Å². The van der Waals surface area contributed by atoms with Crippen LogP contribution in [0, 0.1) is 23.7 Å². The maximum absolute atomic E-state index is 12.5. The van der Waals surface area contributed by atoms with Crippen LogP contribution in [0.15, 0.2) is 30.3 Å². The molecule has 2 heteroatoms. The topological polar surface area (TPSA) is 34.1 Å². The van der Waals surface area contributed by atoms with E-state index in [-0.39, 0.29) is 23.4 Å². The molecule has 3 rings (SSSR count). The maximum Gasteiger partial charge on any atom is 0.166 e. The summed E-state index contributed by atoms with van der Waals surface area (Å²) in [4.78, 5) is 24.3. The van der Waals surface area contributed by atoms with Crippen molar-refractivity contribution in [3.05, 3.63) is 35.9 Å². The van der Waals surface area contributed by atoms with Crippen LogP contribution in [0.4, 0.5) is 0 Å². The molecule has 0 spiro atoms. The largest absolute Gasteiger partial charge is 0.300 e. The number of Topliss-reactive ketones (excluding diaryl/α,β-unsaturated/α-hetero) is 2. The fourth-order valence-corrected chi connectivity index (χ4v) is 4.00. The Balaban J connectivity index is 1.87. The van der Waals surface area contributed by atoms with Gasteiger partial charge in [0.05, 0.1) is 0 Å².